The zero-order valence-electron chi connectivity index (χ0n) is 33.6. The molecule has 0 fully saturated rings. The van der Waals surface area contributed by atoms with E-state index in [4.69, 9.17) is 14.4 Å². The maximum absolute atomic E-state index is 6.38. The highest BCUT2D eigenvalue weighted by Crippen LogP contribution is 2.63. The minimum absolute atomic E-state index is 0.451. The average molecular weight is 789 g/mol. The summed E-state index contributed by atoms with van der Waals surface area (Å²) in [5, 5.41) is 2.23. The molecule has 2 aromatic heterocycles. The largest absolute Gasteiger partial charge is 0.456 e. The van der Waals surface area contributed by atoms with Crippen molar-refractivity contribution < 1.29 is 4.42 Å². The average Bonchev–Trinajstić information content (AvgIpc) is 3.98. The number of furan rings is 1. The Morgan fingerprint density at radius 1 is 0.290 bits per heavy atom. The lowest BCUT2D eigenvalue weighted by molar-refractivity contribution is 0.669. The van der Waals surface area contributed by atoms with E-state index in [0.29, 0.717) is 5.82 Å². The number of fused-ring (bicyclic) bond motifs is 13. The third kappa shape index (κ3) is 5.12. The Morgan fingerprint density at radius 3 is 1.47 bits per heavy atom. The Balaban J connectivity index is 1.03. The van der Waals surface area contributed by atoms with Crippen molar-refractivity contribution in [2.45, 2.75) is 5.41 Å². The van der Waals surface area contributed by atoms with Crippen LogP contribution in [0.4, 0.5) is 0 Å². The van der Waals surface area contributed by atoms with E-state index in [1.807, 2.05) is 18.2 Å². The molecular weight excluding hydrogens is 753 g/mol. The first-order valence-electron chi connectivity index (χ1n) is 21.2. The van der Waals surface area contributed by atoms with E-state index < -0.39 is 5.41 Å². The minimum atomic E-state index is -0.451. The summed E-state index contributed by atoms with van der Waals surface area (Å²) in [5.41, 5.74) is 20.8. The summed E-state index contributed by atoms with van der Waals surface area (Å²) in [7, 11) is 0. The molecule has 9 aromatic carbocycles. The van der Waals surface area contributed by atoms with Gasteiger partial charge < -0.3 is 4.42 Å². The topological polar surface area (TPSA) is 38.9 Å². The molecule has 1 spiro atoms. The lowest BCUT2D eigenvalue weighted by atomic mass is 9.70. The Kier molecular flexibility index (Phi) is 7.52. The molecule has 0 saturated heterocycles. The highest BCUT2D eigenvalue weighted by atomic mass is 16.3. The van der Waals surface area contributed by atoms with Gasteiger partial charge in [0.05, 0.1) is 16.8 Å². The van der Waals surface area contributed by atoms with Gasteiger partial charge in [-0.2, -0.15) is 0 Å². The van der Waals surface area contributed by atoms with E-state index in [9.17, 15) is 0 Å². The van der Waals surface area contributed by atoms with Crippen LogP contribution in [-0.4, -0.2) is 9.97 Å². The van der Waals surface area contributed by atoms with Crippen molar-refractivity contribution in [1.29, 1.82) is 0 Å². The highest BCUT2D eigenvalue weighted by Gasteiger charge is 2.51. The number of rotatable bonds is 5. The van der Waals surface area contributed by atoms with Gasteiger partial charge >= 0.3 is 0 Å². The van der Waals surface area contributed by atoms with Crippen molar-refractivity contribution in [2.24, 2.45) is 0 Å². The first-order valence-corrected chi connectivity index (χ1v) is 21.2. The monoisotopic (exact) mass is 788 g/mol. The van der Waals surface area contributed by atoms with Crippen LogP contribution in [0.25, 0.3) is 100 Å². The summed E-state index contributed by atoms with van der Waals surface area (Å²) in [6, 6.07) is 78.5. The molecule has 0 unspecified atom stereocenters. The van der Waals surface area contributed by atoms with Gasteiger partial charge in [-0.25, -0.2) is 9.97 Å². The third-order valence-electron chi connectivity index (χ3n) is 13.1. The molecule has 0 N–H and O–H groups in total. The van der Waals surface area contributed by atoms with E-state index in [0.717, 1.165) is 72.3 Å². The number of nitrogens with zero attached hydrogens (tertiary/aromatic N) is 2. The fourth-order valence-electron chi connectivity index (χ4n) is 10.4. The van der Waals surface area contributed by atoms with Gasteiger partial charge in [-0.3, -0.25) is 0 Å². The second-order valence-corrected chi connectivity index (χ2v) is 16.4. The molecule has 0 bridgehead atoms. The third-order valence-corrected chi connectivity index (χ3v) is 13.1. The molecule has 2 heterocycles. The fraction of sp³-hybridized carbons (Fsp3) is 0.0169. The smallest absolute Gasteiger partial charge is 0.160 e. The molecule has 3 nitrogen and oxygen atoms in total. The van der Waals surface area contributed by atoms with Crippen LogP contribution in [-0.2, 0) is 5.41 Å². The molecule has 2 aliphatic carbocycles. The lowest BCUT2D eigenvalue weighted by Crippen LogP contribution is -2.25. The van der Waals surface area contributed by atoms with Crippen LogP contribution in [0.5, 0.6) is 0 Å². The second-order valence-electron chi connectivity index (χ2n) is 16.4. The standard InChI is InChI=1S/C59H36N2O/c1-3-15-37(16-4-1)41-31-42(39-27-30-49-48-22-10-14-26-56(48)62-57(49)35-39)33-43(32-41)55-36-54(60-58(61-55)38-17-5-2-6-18-38)40-28-29-47-46-21-9-13-25-52(46)59(53(47)34-40)50-23-11-7-19-44(50)45-20-8-12-24-51(45)59/h1-36H. The summed E-state index contributed by atoms with van der Waals surface area (Å²) in [6.45, 7) is 0. The first-order chi connectivity index (χ1) is 30.7. The van der Waals surface area contributed by atoms with Gasteiger partial charge in [-0.05, 0) is 115 Å². The molecular formula is C59H36N2O. The zero-order chi connectivity index (χ0) is 40.8. The van der Waals surface area contributed by atoms with E-state index in [-0.39, 0.29) is 0 Å². The number of hydrogen-bond acceptors (Lipinski definition) is 3. The van der Waals surface area contributed by atoms with Gasteiger partial charge in [-0.15, -0.1) is 0 Å². The van der Waals surface area contributed by atoms with Crippen LogP contribution in [0.1, 0.15) is 22.3 Å². The Hall–Kier alpha value is -8.14. The zero-order valence-corrected chi connectivity index (χ0v) is 33.6. The van der Waals surface area contributed by atoms with Gasteiger partial charge in [0.1, 0.15) is 11.2 Å². The van der Waals surface area contributed by atoms with Crippen molar-refractivity contribution in [2.75, 3.05) is 0 Å². The molecule has 62 heavy (non-hydrogen) atoms. The van der Waals surface area contributed by atoms with Crippen LogP contribution >= 0.6 is 0 Å². The van der Waals surface area contributed by atoms with E-state index in [1.165, 1.54) is 44.5 Å². The fourth-order valence-corrected chi connectivity index (χ4v) is 10.4. The van der Waals surface area contributed by atoms with E-state index in [1.54, 1.807) is 0 Å². The molecule has 288 valence electrons. The summed E-state index contributed by atoms with van der Waals surface area (Å²) in [5.74, 6) is 0.684. The first kappa shape index (κ1) is 34.7. The van der Waals surface area contributed by atoms with Crippen LogP contribution in [0.2, 0.25) is 0 Å². The van der Waals surface area contributed by atoms with Gasteiger partial charge in [0.2, 0.25) is 0 Å². The predicted octanol–water partition coefficient (Wildman–Crippen LogP) is 15.1. The summed E-state index contributed by atoms with van der Waals surface area (Å²) < 4.78 is 6.38. The van der Waals surface area contributed by atoms with Gasteiger partial charge in [0.25, 0.3) is 0 Å². The molecule has 0 amide bonds. The van der Waals surface area contributed by atoms with Gasteiger partial charge in [-0.1, -0.05) is 170 Å². The molecule has 0 saturated carbocycles. The van der Waals surface area contributed by atoms with Crippen molar-refractivity contribution in [3.05, 3.63) is 241 Å². The normalized spacial score (nSPS) is 13.0. The maximum Gasteiger partial charge on any atom is 0.160 e. The van der Waals surface area contributed by atoms with Gasteiger partial charge in [0.15, 0.2) is 5.82 Å². The molecule has 0 radical (unpaired) electrons. The SMILES string of the molecule is c1ccc(-c2cc(-c3ccc4c(c3)oc3ccccc34)cc(-c3cc(-c4ccc5c(c4)C4(c6ccccc6-c6ccccc64)c4ccccc4-5)nc(-c4ccccc4)n3)c2)cc1. The summed E-state index contributed by atoms with van der Waals surface area (Å²) >= 11 is 0. The molecule has 3 heteroatoms. The summed E-state index contributed by atoms with van der Waals surface area (Å²) in [6.07, 6.45) is 0. The van der Waals surface area contributed by atoms with Gasteiger partial charge in [0, 0.05) is 27.5 Å². The van der Waals surface area contributed by atoms with Crippen LogP contribution in [0, 0.1) is 0 Å². The Morgan fingerprint density at radius 2 is 0.790 bits per heavy atom. The van der Waals surface area contributed by atoms with Crippen molar-refractivity contribution in [3.63, 3.8) is 0 Å². The number of hydrogen-bond donors (Lipinski definition) is 0. The Bertz CT molecular complexity index is 3520. The van der Waals surface area contributed by atoms with Crippen molar-refractivity contribution in [3.8, 4) is 78.4 Å². The quantitative estimate of drug-likeness (QED) is 0.174. The van der Waals surface area contributed by atoms with Crippen molar-refractivity contribution >= 4 is 21.9 Å². The highest BCUT2D eigenvalue weighted by molar-refractivity contribution is 6.06. The molecule has 0 atom stereocenters. The second kappa shape index (κ2) is 13.4. The molecule has 13 rings (SSSR count). The molecule has 2 aliphatic rings. The predicted molar refractivity (Wildman–Crippen MR) is 253 cm³/mol. The number of para-hydroxylation sites is 1. The van der Waals surface area contributed by atoms with Crippen molar-refractivity contribution in [1.82, 2.24) is 9.97 Å². The Labute approximate surface area is 359 Å². The maximum atomic E-state index is 6.38. The summed E-state index contributed by atoms with van der Waals surface area (Å²) in [4.78, 5) is 10.7. The number of aromatic nitrogens is 2. The molecule has 11 aromatic rings. The van der Waals surface area contributed by atoms with E-state index in [2.05, 4.69) is 200 Å². The van der Waals surface area contributed by atoms with E-state index >= 15 is 0 Å². The van der Waals surface area contributed by atoms with Crippen LogP contribution in [0.15, 0.2) is 223 Å². The van der Waals surface area contributed by atoms with Crippen LogP contribution < -0.4 is 0 Å². The lowest BCUT2D eigenvalue weighted by Gasteiger charge is -2.30. The number of benzene rings is 9. The minimum Gasteiger partial charge on any atom is -0.456 e. The molecule has 0 aliphatic heterocycles. The van der Waals surface area contributed by atoms with Crippen LogP contribution in [0.3, 0.4) is 0 Å².